The molecule has 0 saturated carbocycles. The number of carbonyl (C=O) groups excluding carboxylic acids is 1. The molecule has 1 rings (SSSR count). The van der Waals surface area contributed by atoms with Crippen LogP contribution in [0.3, 0.4) is 0 Å². The Balaban J connectivity index is 2.80. The van der Waals surface area contributed by atoms with Crippen LogP contribution in [-0.4, -0.2) is 34.0 Å². The number of nitrogens with one attached hydrogen (secondary N) is 1. The van der Waals surface area contributed by atoms with Crippen LogP contribution in [0.2, 0.25) is 5.15 Å². The van der Waals surface area contributed by atoms with Gasteiger partial charge in [0.2, 0.25) is 0 Å². The summed E-state index contributed by atoms with van der Waals surface area (Å²) in [6.07, 6.45) is 1.95. The van der Waals surface area contributed by atoms with Crippen molar-refractivity contribution in [2.45, 2.75) is 39.7 Å². The van der Waals surface area contributed by atoms with E-state index in [4.69, 9.17) is 11.6 Å². The molecule has 106 valence electrons. The average molecular weight is 286 g/mol. The number of rotatable bonds is 7. The Morgan fingerprint density at radius 3 is 2.53 bits per heavy atom. The van der Waals surface area contributed by atoms with E-state index in [2.05, 4.69) is 15.3 Å². The van der Waals surface area contributed by atoms with Gasteiger partial charge >= 0.3 is 0 Å². The molecule has 1 heterocycles. The van der Waals surface area contributed by atoms with Gasteiger partial charge in [-0.3, -0.25) is 4.79 Å². The van der Waals surface area contributed by atoms with E-state index in [1.54, 1.807) is 6.92 Å². The first kappa shape index (κ1) is 15.9. The summed E-state index contributed by atoms with van der Waals surface area (Å²) in [6.45, 7) is 6.11. The van der Waals surface area contributed by atoms with Crippen LogP contribution in [0.15, 0.2) is 0 Å². The lowest BCUT2D eigenvalue weighted by Gasteiger charge is -2.21. The molecule has 1 aromatic heterocycles. The van der Waals surface area contributed by atoms with Crippen molar-refractivity contribution < 1.29 is 9.90 Å². The Labute approximate surface area is 118 Å². The van der Waals surface area contributed by atoms with E-state index in [0.29, 0.717) is 24.5 Å². The van der Waals surface area contributed by atoms with E-state index in [1.807, 2.05) is 13.8 Å². The van der Waals surface area contributed by atoms with E-state index in [1.165, 1.54) is 0 Å². The minimum absolute atomic E-state index is 0.127. The molecule has 0 radical (unpaired) electrons. The molecule has 2 N–H and O–H groups in total. The van der Waals surface area contributed by atoms with Crippen molar-refractivity contribution in [3.8, 4) is 0 Å². The SMILES string of the molecule is CCC(CC)C(O)CNc1nc(C)nc(Cl)c1C=O. The maximum absolute atomic E-state index is 11.0. The second-order valence-corrected chi connectivity index (χ2v) is 4.82. The summed E-state index contributed by atoms with van der Waals surface area (Å²) in [5.41, 5.74) is 0.226. The molecule has 1 aromatic rings. The highest BCUT2D eigenvalue weighted by Crippen LogP contribution is 2.20. The number of carbonyl (C=O) groups is 1. The summed E-state index contributed by atoms with van der Waals surface area (Å²) in [4.78, 5) is 19.0. The Morgan fingerprint density at radius 2 is 2.00 bits per heavy atom. The molecule has 1 atom stereocenters. The highest BCUT2D eigenvalue weighted by molar-refractivity contribution is 6.32. The van der Waals surface area contributed by atoms with Crippen LogP contribution >= 0.6 is 11.6 Å². The molecule has 0 saturated heterocycles. The number of aldehydes is 1. The fraction of sp³-hybridized carbons (Fsp3) is 0.615. The average Bonchev–Trinajstić information content (AvgIpc) is 2.37. The highest BCUT2D eigenvalue weighted by atomic mass is 35.5. The summed E-state index contributed by atoms with van der Waals surface area (Å²) in [5.74, 6) is 1.08. The van der Waals surface area contributed by atoms with Crippen molar-refractivity contribution in [3.05, 3.63) is 16.5 Å². The van der Waals surface area contributed by atoms with Gasteiger partial charge in [0, 0.05) is 6.54 Å². The molecule has 0 aromatic carbocycles. The van der Waals surface area contributed by atoms with Crippen molar-refractivity contribution in [3.63, 3.8) is 0 Å². The van der Waals surface area contributed by atoms with E-state index >= 15 is 0 Å². The van der Waals surface area contributed by atoms with E-state index in [0.717, 1.165) is 12.8 Å². The first-order chi connectivity index (χ1) is 9.03. The molecule has 0 aliphatic heterocycles. The molecule has 1 unspecified atom stereocenters. The van der Waals surface area contributed by atoms with Gasteiger partial charge < -0.3 is 10.4 Å². The predicted molar refractivity (Wildman–Crippen MR) is 75.7 cm³/mol. The quantitative estimate of drug-likeness (QED) is 0.594. The highest BCUT2D eigenvalue weighted by Gasteiger charge is 2.17. The summed E-state index contributed by atoms with van der Waals surface area (Å²) in [7, 11) is 0. The molecule has 0 aliphatic carbocycles. The van der Waals surface area contributed by atoms with Gasteiger partial charge in [-0.1, -0.05) is 38.3 Å². The third-order valence-corrected chi connectivity index (χ3v) is 3.49. The summed E-state index contributed by atoms with van der Waals surface area (Å²) in [6, 6.07) is 0. The van der Waals surface area contributed by atoms with Crippen LogP contribution in [0.25, 0.3) is 0 Å². The van der Waals surface area contributed by atoms with E-state index in [9.17, 15) is 9.90 Å². The fourth-order valence-corrected chi connectivity index (χ4v) is 2.24. The number of halogens is 1. The van der Waals surface area contributed by atoms with Crippen molar-refractivity contribution in [2.24, 2.45) is 5.92 Å². The van der Waals surface area contributed by atoms with Crippen molar-refractivity contribution in [1.82, 2.24) is 9.97 Å². The number of hydrogen-bond acceptors (Lipinski definition) is 5. The smallest absolute Gasteiger partial charge is 0.156 e. The van der Waals surface area contributed by atoms with Gasteiger partial charge in [0.05, 0.1) is 11.7 Å². The van der Waals surface area contributed by atoms with Gasteiger partial charge in [0.15, 0.2) is 6.29 Å². The topological polar surface area (TPSA) is 75.1 Å². The summed E-state index contributed by atoms with van der Waals surface area (Å²) < 4.78 is 0. The Bertz CT molecular complexity index is 436. The third-order valence-electron chi connectivity index (χ3n) is 3.20. The molecular formula is C13H20ClN3O2. The monoisotopic (exact) mass is 285 g/mol. The number of aryl methyl sites for hydroxylation is 1. The van der Waals surface area contributed by atoms with Crippen LogP contribution in [0.5, 0.6) is 0 Å². The molecule has 0 amide bonds. The molecule has 0 fully saturated rings. The van der Waals surface area contributed by atoms with Crippen LogP contribution in [0.4, 0.5) is 5.82 Å². The van der Waals surface area contributed by atoms with Crippen molar-refractivity contribution >= 4 is 23.7 Å². The summed E-state index contributed by atoms with van der Waals surface area (Å²) in [5, 5.41) is 13.2. The van der Waals surface area contributed by atoms with Crippen molar-refractivity contribution in [1.29, 1.82) is 0 Å². The number of anilines is 1. The second-order valence-electron chi connectivity index (χ2n) is 4.47. The van der Waals surface area contributed by atoms with Gasteiger partial charge in [0.25, 0.3) is 0 Å². The predicted octanol–water partition coefficient (Wildman–Crippen LogP) is 2.46. The van der Waals surface area contributed by atoms with Crippen LogP contribution in [-0.2, 0) is 0 Å². The van der Waals surface area contributed by atoms with Gasteiger partial charge in [-0.05, 0) is 12.8 Å². The van der Waals surface area contributed by atoms with Crippen LogP contribution < -0.4 is 5.32 Å². The number of hydrogen-bond donors (Lipinski definition) is 2. The van der Waals surface area contributed by atoms with Crippen molar-refractivity contribution in [2.75, 3.05) is 11.9 Å². The zero-order chi connectivity index (χ0) is 14.4. The molecule has 6 heteroatoms. The number of nitrogens with zero attached hydrogens (tertiary/aromatic N) is 2. The summed E-state index contributed by atoms with van der Waals surface area (Å²) >= 11 is 5.88. The fourth-order valence-electron chi connectivity index (χ4n) is 1.99. The maximum atomic E-state index is 11.0. The molecular weight excluding hydrogens is 266 g/mol. The zero-order valence-electron chi connectivity index (χ0n) is 11.5. The first-order valence-corrected chi connectivity index (χ1v) is 6.82. The lowest BCUT2D eigenvalue weighted by atomic mass is 9.96. The minimum Gasteiger partial charge on any atom is -0.391 e. The van der Waals surface area contributed by atoms with Gasteiger partial charge in [-0.2, -0.15) is 0 Å². The normalized spacial score (nSPS) is 12.5. The molecule has 0 spiro atoms. The molecule has 0 aliphatic rings. The second kappa shape index (κ2) is 7.40. The Kier molecular flexibility index (Phi) is 6.18. The zero-order valence-corrected chi connectivity index (χ0v) is 12.2. The van der Waals surface area contributed by atoms with E-state index < -0.39 is 6.10 Å². The van der Waals surface area contributed by atoms with Crippen LogP contribution in [0.1, 0.15) is 42.9 Å². The molecule has 0 bridgehead atoms. The number of aliphatic hydroxyl groups is 1. The van der Waals surface area contributed by atoms with Gasteiger partial charge in [-0.15, -0.1) is 0 Å². The lowest BCUT2D eigenvalue weighted by molar-refractivity contribution is 0.111. The Hall–Kier alpha value is -1.20. The number of aromatic nitrogens is 2. The lowest BCUT2D eigenvalue weighted by Crippen LogP contribution is -2.28. The van der Waals surface area contributed by atoms with Crippen LogP contribution in [0, 0.1) is 12.8 Å². The van der Waals surface area contributed by atoms with E-state index in [-0.39, 0.29) is 16.6 Å². The largest absolute Gasteiger partial charge is 0.391 e. The van der Waals surface area contributed by atoms with Gasteiger partial charge in [-0.25, -0.2) is 9.97 Å². The molecule has 19 heavy (non-hydrogen) atoms. The minimum atomic E-state index is -0.483. The third kappa shape index (κ3) is 4.14. The van der Waals surface area contributed by atoms with Gasteiger partial charge in [0.1, 0.15) is 16.8 Å². The number of aliphatic hydroxyl groups excluding tert-OH is 1. The standard InChI is InChI=1S/C13H20ClN3O2/c1-4-9(5-2)11(19)6-15-13-10(7-18)12(14)16-8(3)17-13/h7,9,11,19H,4-6H2,1-3H3,(H,15,16,17). The Morgan fingerprint density at radius 1 is 1.37 bits per heavy atom. The molecule has 5 nitrogen and oxygen atoms in total. The first-order valence-electron chi connectivity index (χ1n) is 6.44. The maximum Gasteiger partial charge on any atom is 0.156 e.